The van der Waals surface area contributed by atoms with Gasteiger partial charge in [0, 0.05) is 6.92 Å². The van der Waals surface area contributed by atoms with Gasteiger partial charge in [-0.2, -0.15) is 8.78 Å². The number of hydrogen-bond donors (Lipinski definition) is 0. The summed E-state index contributed by atoms with van der Waals surface area (Å²) in [6.45, 7) is 0.970. The van der Waals surface area contributed by atoms with Crippen LogP contribution in [0.15, 0.2) is 12.2 Å². The molecule has 0 amide bonds. The average Bonchev–Trinajstić information content (AvgIpc) is 2.60. The fourth-order valence-corrected chi connectivity index (χ4v) is 1.87. The van der Waals surface area contributed by atoms with Crippen LogP contribution in [0.5, 0.6) is 0 Å². The molecule has 2 bridgehead atoms. The minimum atomic E-state index is -3.42. The monoisotopic (exact) mass is 204 g/mol. The maximum Gasteiger partial charge on any atom is 0.405 e. The Hall–Kier alpha value is -0.970. The molecule has 0 aromatic heterocycles. The molecule has 0 aromatic rings. The van der Waals surface area contributed by atoms with Gasteiger partial charge in [-0.1, -0.05) is 12.2 Å². The lowest BCUT2D eigenvalue weighted by Gasteiger charge is -2.24. The van der Waals surface area contributed by atoms with Crippen LogP contribution in [0, 0.1) is 5.92 Å². The largest absolute Gasteiger partial charge is 0.405 e. The predicted octanol–water partition coefficient (Wildman–Crippen LogP) is 1.49. The molecular weight excluding hydrogens is 194 g/mol. The summed E-state index contributed by atoms with van der Waals surface area (Å²) in [5.74, 6) is -2.01. The van der Waals surface area contributed by atoms with Gasteiger partial charge in [0.1, 0.15) is 0 Å². The van der Waals surface area contributed by atoms with Crippen LogP contribution in [0.4, 0.5) is 8.78 Å². The summed E-state index contributed by atoms with van der Waals surface area (Å²) in [6.07, 6.45) is -0.723. The van der Waals surface area contributed by atoms with Crippen LogP contribution in [0.2, 0.25) is 0 Å². The molecular formula is C9H10F2O3. The quantitative estimate of drug-likeness (QED) is 0.505. The van der Waals surface area contributed by atoms with Gasteiger partial charge in [-0.25, -0.2) is 0 Å². The number of halogens is 2. The van der Waals surface area contributed by atoms with Gasteiger partial charge in [0.25, 0.3) is 0 Å². The molecule has 14 heavy (non-hydrogen) atoms. The van der Waals surface area contributed by atoms with Crippen LogP contribution in [-0.2, 0) is 14.3 Å². The number of alkyl halides is 2. The first kappa shape index (κ1) is 9.58. The second kappa shape index (κ2) is 3.02. The van der Waals surface area contributed by atoms with Crippen LogP contribution >= 0.6 is 0 Å². The summed E-state index contributed by atoms with van der Waals surface area (Å²) in [4.78, 5) is 10.5. The number of rotatable bonds is 2. The first-order valence-corrected chi connectivity index (χ1v) is 4.40. The molecule has 2 heterocycles. The fraction of sp³-hybridized carbons (Fsp3) is 0.667. The van der Waals surface area contributed by atoms with E-state index in [2.05, 4.69) is 4.74 Å². The van der Waals surface area contributed by atoms with E-state index in [4.69, 9.17) is 4.74 Å². The predicted molar refractivity (Wildman–Crippen MR) is 42.6 cm³/mol. The number of esters is 1. The molecule has 1 saturated heterocycles. The zero-order valence-electron chi connectivity index (χ0n) is 7.57. The smallest absolute Gasteiger partial charge is 0.401 e. The van der Waals surface area contributed by atoms with Crippen molar-refractivity contribution in [3.8, 4) is 0 Å². The second-order valence-electron chi connectivity index (χ2n) is 3.52. The summed E-state index contributed by atoms with van der Waals surface area (Å²) in [5.41, 5.74) is 0. The van der Waals surface area contributed by atoms with Crippen molar-refractivity contribution in [2.45, 2.75) is 31.7 Å². The lowest BCUT2D eigenvalue weighted by Crippen LogP contribution is -2.37. The Morgan fingerprint density at radius 1 is 1.57 bits per heavy atom. The van der Waals surface area contributed by atoms with Crippen LogP contribution in [0.1, 0.15) is 13.3 Å². The van der Waals surface area contributed by atoms with E-state index in [1.165, 1.54) is 0 Å². The number of fused-ring (bicyclic) bond motifs is 2. The number of carbonyl (C=O) groups excluding carboxylic acids is 1. The molecule has 2 rings (SSSR count). The lowest BCUT2D eigenvalue weighted by atomic mass is 9.93. The zero-order chi connectivity index (χ0) is 10.3. The van der Waals surface area contributed by atoms with E-state index in [1.54, 1.807) is 12.2 Å². The van der Waals surface area contributed by atoms with E-state index in [1.807, 2.05) is 0 Å². The van der Waals surface area contributed by atoms with Gasteiger partial charge in [-0.15, -0.1) is 0 Å². The van der Waals surface area contributed by atoms with E-state index in [0.717, 1.165) is 6.92 Å². The topological polar surface area (TPSA) is 35.5 Å². The van der Waals surface area contributed by atoms with Crippen molar-refractivity contribution >= 4 is 5.97 Å². The van der Waals surface area contributed by atoms with E-state index in [9.17, 15) is 13.6 Å². The Labute approximate surface area is 79.7 Å². The second-order valence-corrected chi connectivity index (χ2v) is 3.52. The maximum absolute atomic E-state index is 13.3. The molecule has 3 nitrogen and oxygen atoms in total. The van der Waals surface area contributed by atoms with Crippen molar-refractivity contribution in [3.63, 3.8) is 0 Å². The molecule has 2 aliphatic heterocycles. The maximum atomic E-state index is 13.3. The Morgan fingerprint density at radius 3 is 2.71 bits per heavy atom. The van der Waals surface area contributed by atoms with Crippen molar-refractivity contribution in [2.24, 2.45) is 5.92 Å². The Bertz CT molecular complexity index is 288. The van der Waals surface area contributed by atoms with Crippen LogP contribution in [-0.4, -0.2) is 24.3 Å². The Morgan fingerprint density at radius 2 is 2.29 bits per heavy atom. The van der Waals surface area contributed by atoms with Crippen LogP contribution in [0.25, 0.3) is 0 Å². The van der Waals surface area contributed by atoms with Gasteiger partial charge in [0.05, 0.1) is 18.1 Å². The molecule has 78 valence electrons. The molecule has 3 unspecified atom stereocenters. The Kier molecular flexibility index (Phi) is 2.06. The van der Waals surface area contributed by atoms with Crippen LogP contribution in [0.3, 0.4) is 0 Å². The van der Waals surface area contributed by atoms with E-state index in [0.29, 0.717) is 0 Å². The van der Waals surface area contributed by atoms with E-state index < -0.39 is 24.1 Å². The Balaban J connectivity index is 2.08. The molecule has 0 saturated carbocycles. The van der Waals surface area contributed by atoms with Gasteiger partial charge in [0.2, 0.25) is 0 Å². The van der Waals surface area contributed by atoms with E-state index in [-0.39, 0.29) is 12.5 Å². The highest BCUT2D eigenvalue weighted by molar-refractivity contribution is 5.66. The van der Waals surface area contributed by atoms with Crippen molar-refractivity contribution in [1.82, 2.24) is 0 Å². The fourth-order valence-electron chi connectivity index (χ4n) is 1.87. The molecule has 0 aliphatic carbocycles. The molecule has 3 atom stereocenters. The number of ether oxygens (including phenoxy) is 2. The third-order valence-corrected chi connectivity index (χ3v) is 2.44. The third kappa shape index (κ3) is 1.52. The lowest BCUT2D eigenvalue weighted by molar-refractivity contribution is -0.260. The molecule has 0 radical (unpaired) electrons. The summed E-state index contributed by atoms with van der Waals surface area (Å²) >= 11 is 0. The van der Waals surface area contributed by atoms with Crippen molar-refractivity contribution < 1.29 is 23.0 Å². The van der Waals surface area contributed by atoms with Crippen molar-refractivity contribution in [3.05, 3.63) is 12.2 Å². The van der Waals surface area contributed by atoms with E-state index >= 15 is 0 Å². The number of carbonyl (C=O) groups is 1. The molecule has 0 aromatic carbocycles. The van der Waals surface area contributed by atoms with Crippen LogP contribution < -0.4 is 0 Å². The highest BCUT2D eigenvalue weighted by atomic mass is 19.3. The van der Waals surface area contributed by atoms with Gasteiger partial charge in [-0.05, 0) is 6.42 Å². The van der Waals surface area contributed by atoms with Gasteiger partial charge in [-0.3, -0.25) is 4.79 Å². The normalized spacial score (nSPS) is 34.9. The minimum absolute atomic E-state index is 0.210. The van der Waals surface area contributed by atoms with Gasteiger partial charge >= 0.3 is 12.1 Å². The first-order valence-electron chi connectivity index (χ1n) is 4.40. The zero-order valence-corrected chi connectivity index (χ0v) is 7.57. The summed E-state index contributed by atoms with van der Waals surface area (Å²) in [7, 11) is 0. The summed E-state index contributed by atoms with van der Waals surface area (Å²) in [5, 5.41) is 0. The average molecular weight is 204 g/mol. The molecule has 0 spiro atoms. The SMILES string of the molecule is CC(=O)OC(F)(F)C1CC2C=CC1O2. The third-order valence-electron chi connectivity index (χ3n) is 2.44. The highest BCUT2D eigenvalue weighted by Gasteiger charge is 2.53. The summed E-state index contributed by atoms with van der Waals surface area (Å²) in [6, 6.07) is 0. The molecule has 0 N–H and O–H groups in total. The van der Waals surface area contributed by atoms with Crippen molar-refractivity contribution in [1.29, 1.82) is 0 Å². The number of hydrogen-bond acceptors (Lipinski definition) is 3. The standard InChI is InChI=1S/C9H10F2O3/c1-5(12)14-9(10,11)7-4-6-2-3-8(7)13-6/h2-3,6-8H,4H2,1H3. The van der Waals surface area contributed by atoms with Crippen molar-refractivity contribution in [2.75, 3.05) is 0 Å². The molecule has 1 fully saturated rings. The van der Waals surface area contributed by atoms with Gasteiger partial charge < -0.3 is 9.47 Å². The first-order chi connectivity index (χ1) is 6.49. The molecule has 2 aliphatic rings. The highest BCUT2D eigenvalue weighted by Crippen LogP contribution is 2.43. The van der Waals surface area contributed by atoms with Gasteiger partial charge in [0.15, 0.2) is 0 Å². The molecule has 5 heteroatoms. The minimum Gasteiger partial charge on any atom is -0.401 e. The summed E-state index contributed by atoms with van der Waals surface area (Å²) < 4.78 is 35.7.